The van der Waals surface area contributed by atoms with Crippen LogP contribution in [0.3, 0.4) is 0 Å². The minimum atomic E-state index is -2.69. The topological polar surface area (TPSA) is 0 Å². The first-order chi connectivity index (χ1) is 6.56. The number of unbranched alkanes of at least 4 members (excludes halogenated alkanes) is 1. The maximum atomic E-state index is 7.19. The van der Waals surface area contributed by atoms with Gasteiger partial charge in [0.2, 0.25) is 0 Å². The molecule has 0 aliphatic carbocycles. The first-order valence-electron chi connectivity index (χ1n) is 5.86. The molecule has 0 spiro atoms. The maximum absolute atomic E-state index is 7.19. The minimum Gasteiger partial charge on any atom is -0.120 e. The van der Waals surface area contributed by atoms with Crippen LogP contribution in [0.5, 0.6) is 0 Å². The van der Waals surface area contributed by atoms with E-state index < -0.39 is 18.6 Å². The highest BCUT2D eigenvalue weighted by molar-refractivity contribution is 6.23. The molecule has 0 radical (unpaired) electrons. The van der Waals surface area contributed by atoms with Gasteiger partial charge in [-0.1, -0.05) is 6.08 Å². The second-order valence-electron chi connectivity index (χ2n) is 1.98. The Hall–Kier alpha value is 0.0300. The standard InChI is InChI=1S/C8H15Cl/c1-4-5-6-7-8(2,3)9/h4H,1,5-7H2,2-3H3/i2D3,3D3. The molecular weight excluding hydrogens is 132 g/mol. The average molecular weight is 153 g/mol. The molecule has 0 unspecified atom stereocenters. The van der Waals surface area contributed by atoms with E-state index in [0.717, 1.165) is 0 Å². The molecule has 0 aromatic carbocycles. The van der Waals surface area contributed by atoms with Crippen LogP contribution in [0.4, 0.5) is 0 Å². The smallest absolute Gasteiger partial charge is 0.0390 e. The van der Waals surface area contributed by atoms with Crippen LogP contribution >= 0.6 is 11.6 Å². The lowest BCUT2D eigenvalue weighted by atomic mass is 10.1. The summed E-state index contributed by atoms with van der Waals surface area (Å²) in [6.07, 6.45) is 2.49. The van der Waals surface area contributed by atoms with Crippen molar-refractivity contribution in [2.24, 2.45) is 0 Å². The van der Waals surface area contributed by atoms with E-state index in [1.54, 1.807) is 6.08 Å². The van der Waals surface area contributed by atoms with E-state index in [1.807, 2.05) is 0 Å². The van der Waals surface area contributed by atoms with Crippen LogP contribution in [0.1, 0.15) is 41.2 Å². The highest BCUT2D eigenvalue weighted by atomic mass is 35.5. The summed E-state index contributed by atoms with van der Waals surface area (Å²) < 4.78 is 43.2. The van der Waals surface area contributed by atoms with Crippen LogP contribution in [0, 0.1) is 0 Å². The lowest BCUT2D eigenvalue weighted by Gasteiger charge is -2.13. The van der Waals surface area contributed by atoms with Gasteiger partial charge < -0.3 is 0 Å². The fourth-order valence-electron chi connectivity index (χ4n) is 0.490. The lowest BCUT2D eigenvalue weighted by Crippen LogP contribution is -2.08. The van der Waals surface area contributed by atoms with Crippen LogP contribution in [0.25, 0.3) is 0 Å². The van der Waals surface area contributed by atoms with Crippen LogP contribution < -0.4 is 0 Å². The van der Waals surface area contributed by atoms with Crippen molar-refractivity contribution < 1.29 is 8.22 Å². The summed E-state index contributed by atoms with van der Waals surface area (Å²) in [5, 5.41) is 0. The van der Waals surface area contributed by atoms with Crippen molar-refractivity contribution in [3.05, 3.63) is 12.7 Å². The molecule has 0 nitrogen and oxygen atoms in total. The van der Waals surface area contributed by atoms with Gasteiger partial charge in [-0.25, -0.2) is 0 Å². The third-order valence-corrected chi connectivity index (χ3v) is 1.12. The van der Waals surface area contributed by atoms with Gasteiger partial charge in [-0.2, -0.15) is 0 Å². The third kappa shape index (κ3) is 8.03. The molecule has 1 heteroatoms. The second-order valence-corrected chi connectivity index (χ2v) is 2.63. The summed E-state index contributed by atoms with van der Waals surface area (Å²) >= 11 is 5.77. The first-order valence-corrected chi connectivity index (χ1v) is 3.24. The van der Waals surface area contributed by atoms with Gasteiger partial charge in [0.25, 0.3) is 0 Å². The van der Waals surface area contributed by atoms with E-state index in [4.69, 9.17) is 19.8 Å². The molecule has 0 fully saturated rings. The largest absolute Gasteiger partial charge is 0.120 e. The monoisotopic (exact) mass is 152 g/mol. The number of rotatable bonds is 4. The number of hydrogen-bond acceptors (Lipinski definition) is 0. The molecule has 0 saturated carbocycles. The van der Waals surface area contributed by atoms with Crippen LogP contribution in [0.15, 0.2) is 12.7 Å². The predicted octanol–water partition coefficient (Wildman–Crippen LogP) is 3.36. The molecule has 0 aromatic heterocycles. The van der Waals surface area contributed by atoms with Crippen LogP contribution in [-0.2, 0) is 0 Å². The van der Waals surface area contributed by atoms with Crippen molar-refractivity contribution >= 4 is 11.6 Å². The quantitative estimate of drug-likeness (QED) is 0.329. The maximum Gasteiger partial charge on any atom is 0.0390 e. The molecule has 9 heavy (non-hydrogen) atoms. The van der Waals surface area contributed by atoms with E-state index >= 15 is 0 Å². The summed E-state index contributed by atoms with van der Waals surface area (Å²) in [5.41, 5.74) is 0. The number of halogens is 1. The van der Waals surface area contributed by atoms with E-state index in [0.29, 0.717) is 12.8 Å². The van der Waals surface area contributed by atoms with Crippen LogP contribution in [0.2, 0.25) is 0 Å². The zero-order valence-corrected chi connectivity index (χ0v) is 6.04. The molecule has 0 amide bonds. The summed E-state index contributed by atoms with van der Waals surface area (Å²) in [6.45, 7) is -1.91. The van der Waals surface area contributed by atoms with E-state index in [9.17, 15) is 0 Å². The van der Waals surface area contributed by atoms with Crippen LogP contribution in [-0.4, -0.2) is 4.87 Å². The van der Waals surface area contributed by atoms with Crippen molar-refractivity contribution in [2.75, 3.05) is 0 Å². The van der Waals surface area contributed by atoms with Crippen molar-refractivity contribution in [1.29, 1.82) is 0 Å². The molecular formula is C8H15Cl. The zero-order chi connectivity index (χ0) is 12.3. The molecule has 0 N–H and O–H groups in total. The minimum absolute atomic E-state index is 0.0758. The molecule has 0 aromatic rings. The van der Waals surface area contributed by atoms with Gasteiger partial charge in [0.15, 0.2) is 0 Å². The van der Waals surface area contributed by atoms with Gasteiger partial charge in [0.1, 0.15) is 0 Å². The van der Waals surface area contributed by atoms with Gasteiger partial charge in [-0.15, -0.1) is 18.2 Å². The van der Waals surface area contributed by atoms with Gasteiger partial charge in [-0.05, 0) is 33.0 Å². The normalized spacial score (nSPS) is 24.1. The summed E-state index contributed by atoms with van der Waals surface area (Å²) in [4.78, 5) is -2.15. The highest BCUT2D eigenvalue weighted by Gasteiger charge is 2.10. The Labute approximate surface area is 71.3 Å². The number of allylic oxidation sites excluding steroid dienone is 1. The van der Waals surface area contributed by atoms with Gasteiger partial charge in [0, 0.05) is 13.1 Å². The Morgan fingerprint density at radius 2 is 2.44 bits per heavy atom. The number of hydrogen-bond donors (Lipinski definition) is 0. The van der Waals surface area contributed by atoms with Crippen molar-refractivity contribution in [3.63, 3.8) is 0 Å². The van der Waals surface area contributed by atoms with Gasteiger partial charge in [-0.3, -0.25) is 0 Å². The second kappa shape index (κ2) is 3.94. The summed E-state index contributed by atoms with van der Waals surface area (Å²) in [5.74, 6) is 0. The van der Waals surface area contributed by atoms with E-state index in [2.05, 4.69) is 6.58 Å². The Morgan fingerprint density at radius 1 is 1.78 bits per heavy atom. The molecule has 0 aliphatic heterocycles. The Morgan fingerprint density at radius 3 is 2.89 bits per heavy atom. The summed E-state index contributed by atoms with van der Waals surface area (Å²) in [7, 11) is 0. The van der Waals surface area contributed by atoms with Crippen molar-refractivity contribution in [3.8, 4) is 0 Å². The molecule has 0 bridgehead atoms. The molecule has 0 saturated heterocycles. The number of alkyl halides is 1. The fraction of sp³-hybridized carbons (Fsp3) is 0.750. The van der Waals surface area contributed by atoms with E-state index in [-0.39, 0.29) is 6.42 Å². The Bertz CT molecular complexity index is 202. The molecule has 0 heterocycles. The average Bonchev–Trinajstić information content (AvgIpc) is 2.00. The molecule has 54 valence electrons. The Kier molecular flexibility index (Phi) is 1.30. The highest BCUT2D eigenvalue weighted by Crippen LogP contribution is 2.20. The fourth-order valence-corrected chi connectivity index (χ4v) is 0.624. The van der Waals surface area contributed by atoms with Gasteiger partial charge in [0.05, 0.1) is 0 Å². The van der Waals surface area contributed by atoms with Crippen molar-refractivity contribution in [2.45, 2.75) is 37.8 Å². The molecule has 0 rings (SSSR count). The molecule has 0 aliphatic rings. The lowest BCUT2D eigenvalue weighted by molar-refractivity contribution is 0.596. The molecule has 0 atom stereocenters. The van der Waals surface area contributed by atoms with Gasteiger partial charge >= 0.3 is 0 Å². The summed E-state index contributed by atoms with van der Waals surface area (Å²) in [6, 6.07) is 0. The first kappa shape index (κ1) is 2.96. The SMILES string of the molecule is [2H]C([2H])([2H])C(Cl)(CCCC=C)C([2H])([2H])[2H]. The van der Waals surface area contributed by atoms with Crippen molar-refractivity contribution in [1.82, 2.24) is 0 Å². The third-order valence-electron chi connectivity index (χ3n) is 0.930. The Balaban J connectivity index is 4.81. The predicted molar refractivity (Wildman–Crippen MR) is 44.0 cm³/mol. The van der Waals surface area contributed by atoms with E-state index in [1.165, 1.54) is 0 Å². The zero-order valence-electron chi connectivity index (χ0n) is 11.3.